The van der Waals surface area contributed by atoms with E-state index in [1.54, 1.807) is 0 Å². The summed E-state index contributed by atoms with van der Waals surface area (Å²) in [5.41, 5.74) is 2.15. The lowest BCUT2D eigenvalue weighted by Gasteiger charge is -2.27. The van der Waals surface area contributed by atoms with E-state index in [4.69, 9.17) is 4.74 Å². The molecule has 4 nitrogen and oxygen atoms in total. The van der Waals surface area contributed by atoms with Crippen molar-refractivity contribution in [3.8, 4) is 0 Å². The van der Waals surface area contributed by atoms with E-state index in [2.05, 4.69) is 34.9 Å². The Morgan fingerprint density at radius 2 is 2.26 bits per heavy atom. The Morgan fingerprint density at radius 1 is 1.47 bits per heavy atom. The molecular weight excluding hydrogens is 308 g/mol. The van der Waals surface area contributed by atoms with Crippen LogP contribution in [0.5, 0.6) is 0 Å². The van der Waals surface area contributed by atoms with Crippen LogP contribution in [0, 0.1) is 0 Å². The molecular formula is C14H23BrN2O2. The van der Waals surface area contributed by atoms with Crippen LogP contribution in [0.15, 0.2) is 4.47 Å². The molecule has 108 valence electrons. The summed E-state index contributed by atoms with van der Waals surface area (Å²) in [6.45, 7) is 5.77. The minimum Gasteiger partial charge on any atom is -0.390 e. The van der Waals surface area contributed by atoms with E-state index in [0.29, 0.717) is 6.42 Å². The molecule has 0 radical (unpaired) electrons. The topological polar surface area (TPSA) is 47.3 Å². The minimum atomic E-state index is -0.441. The van der Waals surface area contributed by atoms with Gasteiger partial charge < -0.3 is 9.84 Å². The molecule has 0 bridgehead atoms. The van der Waals surface area contributed by atoms with Crippen molar-refractivity contribution >= 4 is 15.9 Å². The van der Waals surface area contributed by atoms with Gasteiger partial charge in [-0.2, -0.15) is 5.10 Å². The first-order valence-electron chi connectivity index (χ1n) is 7.21. The third-order valence-corrected chi connectivity index (χ3v) is 4.66. The van der Waals surface area contributed by atoms with Crippen molar-refractivity contribution in [1.82, 2.24) is 9.78 Å². The Labute approximate surface area is 123 Å². The number of ether oxygens (including phenoxy) is 1. The summed E-state index contributed by atoms with van der Waals surface area (Å²) in [6.07, 6.45) is 4.26. The van der Waals surface area contributed by atoms with Gasteiger partial charge in [0.1, 0.15) is 0 Å². The van der Waals surface area contributed by atoms with Crippen molar-refractivity contribution in [3.63, 3.8) is 0 Å². The monoisotopic (exact) mass is 330 g/mol. The standard InChI is InChI=1S/C14H23BrN2O2/c1-3-10-14(15)11(17(4-2)16-10)9-12(18)13-7-5-6-8-19-13/h12-13,18H,3-9H2,1-2H3. The third-order valence-electron chi connectivity index (χ3n) is 3.74. The van der Waals surface area contributed by atoms with Gasteiger partial charge in [0.15, 0.2) is 0 Å². The van der Waals surface area contributed by atoms with Crippen LogP contribution in [0.1, 0.15) is 44.5 Å². The van der Waals surface area contributed by atoms with Crippen molar-refractivity contribution in [2.75, 3.05) is 6.61 Å². The molecule has 2 unspecified atom stereocenters. The highest BCUT2D eigenvalue weighted by Crippen LogP contribution is 2.26. The molecule has 1 N–H and O–H groups in total. The van der Waals surface area contributed by atoms with Gasteiger partial charge in [-0.1, -0.05) is 6.92 Å². The van der Waals surface area contributed by atoms with Gasteiger partial charge in [0.05, 0.1) is 28.1 Å². The molecule has 0 aromatic carbocycles. The summed E-state index contributed by atoms with van der Waals surface area (Å²) in [5.74, 6) is 0. The lowest BCUT2D eigenvalue weighted by Crippen LogP contribution is -2.34. The fourth-order valence-corrected chi connectivity index (χ4v) is 3.34. The predicted octanol–water partition coefficient (Wildman–Crippen LogP) is 2.70. The summed E-state index contributed by atoms with van der Waals surface area (Å²) in [7, 11) is 0. The molecule has 1 aromatic rings. The number of halogens is 1. The molecule has 1 saturated heterocycles. The van der Waals surface area contributed by atoms with Crippen LogP contribution in [0.25, 0.3) is 0 Å². The van der Waals surface area contributed by atoms with Gasteiger partial charge >= 0.3 is 0 Å². The Balaban J connectivity index is 2.10. The zero-order valence-corrected chi connectivity index (χ0v) is 13.3. The Morgan fingerprint density at radius 3 is 2.84 bits per heavy atom. The summed E-state index contributed by atoms with van der Waals surface area (Å²) in [4.78, 5) is 0. The Hall–Kier alpha value is -0.390. The van der Waals surface area contributed by atoms with E-state index < -0.39 is 6.10 Å². The fraction of sp³-hybridized carbons (Fsp3) is 0.786. The van der Waals surface area contributed by atoms with Crippen LogP contribution >= 0.6 is 15.9 Å². The molecule has 1 aliphatic rings. The highest BCUT2D eigenvalue weighted by atomic mass is 79.9. The number of aryl methyl sites for hydroxylation is 2. The van der Waals surface area contributed by atoms with E-state index >= 15 is 0 Å². The number of hydrogen-bond acceptors (Lipinski definition) is 3. The number of aromatic nitrogens is 2. The first-order chi connectivity index (χ1) is 9.17. The summed E-state index contributed by atoms with van der Waals surface area (Å²) < 4.78 is 8.69. The van der Waals surface area contributed by atoms with Crippen LogP contribution in [0.3, 0.4) is 0 Å². The van der Waals surface area contributed by atoms with Crippen LogP contribution < -0.4 is 0 Å². The molecule has 2 rings (SSSR count). The molecule has 0 amide bonds. The van der Waals surface area contributed by atoms with Gasteiger partial charge in [-0.25, -0.2) is 0 Å². The van der Waals surface area contributed by atoms with Crippen molar-refractivity contribution in [2.24, 2.45) is 0 Å². The van der Waals surface area contributed by atoms with Crippen LogP contribution in [0.4, 0.5) is 0 Å². The van der Waals surface area contributed by atoms with Crippen molar-refractivity contribution < 1.29 is 9.84 Å². The van der Waals surface area contributed by atoms with E-state index in [0.717, 1.165) is 54.7 Å². The maximum atomic E-state index is 10.4. The quantitative estimate of drug-likeness (QED) is 0.902. The fourth-order valence-electron chi connectivity index (χ4n) is 2.61. The van der Waals surface area contributed by atoms with Gasteiger partial charge in [0.25, 0.3) is 0 Å². The van der Waals surface area contributed by atoms with Crippen LogP contribution in [0.2, 0.25) is 0 Å². The molecule has 19 heavy (non-hydrogen) atoms. The average Bonchev–Trinajstić information content (AvgIpc) is 2.76. The van der Waals surface area contributed by atoms with Crippen LogP contribution in [-0.2, 0) is 24.1 Å². The first-order valence-corrected chi connectivity index (χ1v) is 8.00. The molecule has 2 atom stereocenters. The molecule has 0 aliphatic carbocycles. The lowest BCUT2D eigenvalue weighted by atomic mass is 10.0. The van der Waals surface area contributed by atoms with Gasteiger partial charge in [-0.3, -0.25) is 4.68 Å². The number of rotatable bonds is 5. The second-order valence-corrected chi connectivity index (χ2v) is 5.85. The second kappa shape index (κ2) is 6.86. The van der Waals surface area contributed by atoms with Gasteiger partial charge in [-0.15, -0.1) is 0 Å². The SMILES string of the molecule is CCc1nn(CC)c(CC(O)C2CCCCO2)c1Br. The summed E-state index contributed by atoms with van der Waals surface area (Å²) in [6, 6.07) is 0. The highest BCUT2D eigenvalue weighted by Gasteiger charge is 2.25. The Bertz CT molecular complexity index is 414. The number of aliphatic hydroxyl groups is 1. The van der Waals surface area contributed by atoms with E-state index in [1.165, 1.54) is 0 Å². The van der Waals surface area contributed by atoms with E-state index in [-0.39, 0.29) is 6.10 Å². The normalized spacial score (nSPS) is 21.6. The summed E-state index contributed by atoms with van der Waals surface area (Å²) >= 11 is 3.62. The van der Waals surface area contributed by atoms with Crippen molar-refractivity contribution in [3.05, 3.63) is 15.9 Å². The zero-order chi connectivity index (χ0) is 13.8. The van der Waals surface area contributed by atoms with Crippen molar-refractivity contribution in [2.45, 2.75) is 64.7 Å². The molecule has 0 saturated carbocycles. The highest BCUT2D eigenvalue weighted by molar-refractivity contribution is 9.10. The number of hydrogen-bond donors (Lipinski definition) is 1. The lowest BCUT2D eigenvalue weighted by molar-refractivity contribution is -0.0617. The molecule has 2 heterocycles. The van der Waals surface area contributed by atoms with Crippen LogP contribution in [-0.4, -0.2) is 33.7 Å². The predicted molar refractivity (Wildman–Crippen MR) is 78.3 cm³/mol. The minimum absolute atomic E-state index is 0.0223. The van der Waals surface area contributed by atoms with Gasteiger partial charge in [0.2, 0.25) is 0 Å². The van der Waals surface area contributed by atoms with Gasteiger partial charge in [-0.05, 0) is 48.5 Å². The average molecular weight is 331 g/mol. The Kier molecular flexibility index (Phi) is 5.42. The maximum absolute atomic E-state index is 10.4. The first kappa shape index (κ1) is 15.0. The number of aliphatic hydroxyl groups excluding tert-OH is 1. The molecule has 0 spiro atoms. The number of nitrogens with zero attached hydrogens (tertiary/aromatic N) is 2. The van der Waals surface area contributed by atoms with Gasteiger partial charge in [0, 0.05) is 19.6 Å². The van der Waals surface area contributed by atoms with Crippen molar-refractivity contribution in [1.29, 1.82) is 0 Å². The smallest absolute Gasteiger partial charge is 0.0857 e. The zero-order valence-electron chi connectivity index (χ0n) is 11.7. The van der Waals surface area contributed by atoms with E-state index in [1.807, 2.05) is 4.68 Å². The maximum Gasteiger partial charge on any atom is 0.0857 e. The van der Waals surface area contributed by atoms with E-state index in [9.17, 15) is 5.11 Å². The molecule has 1 aromatic heterocycles. The molecule has 5 heteroatoms. The second-order valence-electron chi connectivity index (χ2n) is 5.05. The molecule has 1 fully saturated rings. The summed E-state index contributed by atoms with van der Waals surface area (Å²) in [5, 5.41) is 14.9. The molecule has 1 aliphatic heterocycles. The largest absolute Gasteiger partial charge is 0.390 e. The third kappa shape index (κ3) is 3.38.